The van der Waals surface area contributed by atoms with Crippen molar-refractivity contribution >= 4 is 39.0 Å². The first-order valence-electron chi connectivity index (χ1n) is 5.60. The molecule has 0 spiro atoms. The number of nitriles is 1. The van der Waals surface area contributed by atoms with E-state index in [-0.39, 0.29) is 0 Å². The van der Waals surface area contributed by atoms with E-state index in [2.05, 4.69) is 26.2 Å². The molecule has 0 atom stereocenters. The Balaban J connectivity index is 2.40. The summed E-state index contributed by atoms with van der Waals surface area (Å²) in [6.45, 7) is 3.98. The predicted octanol–water partition coefficient (Wildman–Crippen LogP) is 4.73. The maximum atomic E-state index is 8.81. The number of pyridine rings is 1. The molecule has 1 heterocycles. The van der Waals surface area contributed by atoms with Crippen LogP contribution in [0.4, 0.5) is 11.5 Å². The van der Waals surface area contributed by atoms with E-state index in [9.17, 15) is 0 Å². The lowest BCUT2D eigenvalue weighted by molar-refractivity contribution is 1.26. The van der Waals surface area contributed by atoms with Gasteiger partial charge in [-0.1, -0.05) is 17.7 Å². The molecule has 0 saturated carbocycles. The molecule has 0 amide bonds. The number of rotatable bonds is 2. The van der Waals surface area contributed by atoms with Gasteiger partial charge in [0.1, 0.15) is 11.9 Å². The largest absolute Gasteiger partial charge is 0.338 e. The summed E-state index contributed by atoms with van der Waals surface area (Å²) < 4.78 is 0.725. The van der Waals surface area contributed by atoms with Crippen LogP contribution in [0.3, 0.4) is 0 Å². The normalized spacial score (nSPS) is 10.1. The maximum Gasteiger partial charge on any atom is 0.144 e. The molecule has 1 aromatic carbocycles. The average molecular weight is 337 g/mol. The van der Waals surface area contributed by atoms with Crippen LogP contribution in [-0.2, 0) is 0 Å². The van der Waals surface area contributed by atoms with Crippen molar-refractivity contribution in [3.63, 3.8) is 0 Å². The third-order valence-corrected chi connectivity index (χ3v) is 3.55. The minimum absolute atomic E-state index is 0.504. The van der Waals surface area contributed by atoms with Gasteiger partial charge in [-0.15, -0.1) is 0 Å². The molecular weight excluding hydrogens is 326 g/mol. The molecule has 0 saturated heterocycles. The first kappa shape index (κ1) is 13.9. The van der Waals surface area contributed by atoms with Crippen molar-refractivity contribution in [3.05, 3.63) is 50.6 Å². The fourth-order valence-electron chi connectivity index (χ4n) is 1.78. The molecule has 1 N–H and O–H groups in total. The van der Waals surface area contributed by atoms with Crippen molar-refractivity contribution in [2.24, 2.45) is 0 Å². The molecule has 0 bridgehead atoms. The highest BCUT2D eigenvalue weighted by Crippen LogP contribution is 2.32. The minimum atomic E-state index is 0.504. The van der Waals surface area contributed by atoms with Gasteiger partial charge in [-0.25, -0.2) is 4.98 Å². The molecule has 2 aromatic rings. The van der Waals surface area contributed by atoms with E-state index in [0.29, 0.717) is 16.4 Å². The molecule has 96 valence electrons. The Kier molecular flexibility index (Phi) is 4.08. The Bertz CT molecular complexity index is 654. The van der Waals surface area contributed by atoms with Crippen LogP contribution in [0.25, 0.3) is 0 Å². The van der Waals surface area contributed by atoms with Crippen LogP contribution >= 0.6 is 27.5 Å². The van der Waals surface area contributed by atoms with Crippen molar-refractivity contribution in [1.29, 1.82) is 5.26 Å². The van der Waals surface area contributed by atoms with E-state index < -0.39 is 0 Å². The molecule has 0 radical (unpaired) electrons. The zero-order valence-electron chi connectivity index (χ0n) is 10.5. The van der Waals surface area contributed by atoms with Gasteiger partial charge < -0.3 is 5.32 Å². The van der Waals surface area contributed by atoms with Crippen LogP contribution in [0.1, 0.15) is 16.7 Å². The second-order valence-electron chi connectivity index (χ2n) is 4.23. The van der Waals surface area contributed by atoms with Crippen LogP contribution < -0.4 is 5.32 Å². The van der Waals surface area contributed by atoms with Gasteiger partial charge in [0.2, 0.25) is 0 Å². The molecule has 0 aliphatic rings. The fraction of sp³-hybridized carbons (Fsp3) is 0.143. The first-order valence-corrected chi connectivity index (χ1v) is 6.78. The molecular formula is C14H11BrClN3. The summed E-state index contributed by atoms with van der Waals surface area (Å²) in [5.74, 6) is 0.632. The second-order valence-corrected chi connectivity index (χ2v) is 5.49. The number of nitrogens with one attached hydrogen (secondary N) is 1. The van der Waals surface area contributed by atoms with Crippen LogP contribution in [0.15, 0.2) is 28.9 Å². The van der Waals surface area contributed by atoms with Gasteiger partial charge in [-0.3, -0.25) is 0 Å². The minimum Gasteiger partial charge on any atom is -0.338 e. The summed E-state index contributed by atoms with van der Waals surface area (Å²) >= 11 is 9.63. The van der Waals surface area contributed by atoms with E-state index in [4.69, 9.17) is 16.9 Å². The summed E-state index contributed by atoms with van der Waals surface area (Å²) in [5.41, 5.74) is 3.48. The van der Waals surface area contributed by atoms with Gasteiger partial charge in [-0.2, -0.15) is 5.26 Å². The number of nitrogens with zero attached hydrogens (tertiary/aromatic N) is 2. The number of benzene rings is 1. The quantitative estimate of drug-likeness (QED) is 0.862. The highest BCUT2D eigenvalue weighted by Gasteiger charge is 2.09. The molecule has 1 aromatic heterocycles. The Hall–Kier alpha value is -1.57. The number of aromatic nitrogens is 1. The highest BCUT2D eigenvalue weighted by molar-refractivity contribution is 9.10. The number of aryl methyl sites for hydroxylation is 2. The van der Waals surface area contributed by atoms with E-state index in [1.165, 1.54) is 6.20 Å². The van der Waals surface area contributed by atoms with Crippen LogP contribution in [0.5, 0.6) is 0 Å². The van der Waals surface area contributed by atoms with E-state index >= 15 is 0 Å². The zero-order chi connectivity index (χ0) is 14.0. The van der Waals surface area contributed by atoms with Crippen molar-refractivity contribution in [2.75, 3.05) is 5.32 Å². The highest BCUT2D eigenvalue weighted by atomic mass is 79.9. The average Bonchev–Trinajstić information content (AvgIpc) is 2.35. The molecule has 3 nitrogen and oxygen atoms in total. The Morgan fingerprint density at radius 2 is 2.05 bits per heavy atom. The van der Waals surface area contributed by atoms with E-state index in [1.807, 2.05) is 32.0 Å². The van der Waals surface area contributed by atoms with Crippen molar-refractivity contribution in [3.8, 4) is 6.07 Å². The van der Waals surface area contributed by atoms with Gasteiger partial charge >= 0.3 is 0 Å². The summed E-state index contributed by atoms with van der Waals surface area (Å²) in [4.78, 5) is 4.21. The molecule has 0 unspecified atom stereocenters. The number of hydrogen-bond acceptors (Lipinski definition) is 3. The van der Waals surface area contributed by atoms with Gasteiger partial charge in [0.15, 0.2) is 0 Å². The van der Waals surface area contributed by atoms with Gasteiger partial charge in [-0.05, 0) is 53.0 Å². The fourth-order valence-corrected chi connectivity index (χ4v) is 2.60. The first-order chi connectivity index (χ1) is 9.01. The standard InChI is InChI=1S/C14H11BrClN3/c1-8-3-9(2)13(12(16)4-8)19-14-11(15)5-10(6-17)7-18-14/h3-5,7H,1-2H3,(H,18,19). The van der Waals surface area contributed by atoms with Crippen LogP contribution in [0.2, 0.25) is 5.02 Å². The Morgan fingerprint density at radius 3 is 2.63 bits per heavy atom. The van der Waals surface area contributed by atoms with Crippen LogP contribution in [0, 0.1) is 25.2 Å². The van der Waals surface area contributed by atoms with Gasteiger partial charge in [0, 0.05) is 6.20 Å². The maximum absolute atomic E-state index is 8.81. The summed E-state index contributed by atoms with van der Waals surface area (Å²) in [6.07, 6.45) is 1.52. The lowest BCUT2D eigenvalue weighted by atomic mass is 10.1. The Morgan fingerprint density at radius 1 is 1.32 bits per heavy atom. The summed E-state index contributed by atoms with van der Waals surface area (Å²) in [7, 11) is 0. The lowest BCUT2D eigenvalue weighted by Crippen LogP contribution is -1.98. The Labute approximate surface area is 125 Å². The number of halogens is 2. The SMILES string of the molecule is Cc1cc(C)c(Nc2ncc(C#N)cc2Br)c(Cl)c1. The smallest absolute Gasteiger partial charge is 0.144 e. The van der Waals surface area contributed by atoms with Crippen molar-refractivity contribution in [2.45, 2.75) is 13.8 Å². The predicted molar refractivity (Wildman–Crippen MR) is 80.9 cm³/mol. The van der Waals surface area contributed by atoms with E-state index in [0.717, 1.165) is 21.3 Å². The van der Waals surface area contributed by atoms with Crippen molar-refractivity contribution < 1.29 is 0 Å². The number of hydrogen-bond donors (Lipinski definition) is 1. The molecule has 2 rings (SSSR count). The monoisotopic (exact) mass is 335 g/mol. The van der Waals surface area contributed by atoms with Gasteiger partial charge in [0.05, 0.1) is 20.7 Å². The summed E-state index contributed by atoms with van der Waals surface area (Å²) in [5, 5.41) is 12.6. The summed E-state index contributed by atoms with van der Waals surface area (Å²) in [6, 6.07) is 7.70. The number of anilines is 2. The molecule has 0 aliphatic carbocycles. The second kappa shape index (κ2) is 5.60. The lowest BCUT2D eigenvalue weighted by Gasteiger charge is -2.13. The zero-order valence-corrected chi connectivity index (χ0v) is 12.8. The third-order valence-electron chi connectivity index (χ3n) is 2.65. The molecule has 19 heavy (non-hydrogen) atoms. The molecule has 5 heteroatoms. The molecule has 0 fully saturated rings. The molecule has 0 aliphatic heterocycles. The van der Waals surface area contributed by atoms with Gasteiger partial charge in [0.25, 0.3) is 0 Å². The topological polar surface area (TPSA) is 48.7 Å². The van der Waals surface area contributed by atoms with Crippen molar-refractivity contribution in [1.82, 2.24) is 4.98 Å². The van der Waals surface area contributed by atoms with Crippen LogP contribution in [-0.4, -0.2) is 4.98 Å². The van der Waals surface area contributed by atoms with E-state index in [1.54, 1.807) is 6.07 Å². The third kappa shape index (κ3) is 3.06.